The average Bonchev–Trinajstić information content (AvgIpc) is 3.55. The Morgan fingerprint density at radius 3 is 2.54 bits per heavy atom. The Kier molecular flexibility index (Phi) is 8.64. The predicted octanol–water partition coefficient (Wildman–Crippen LogP) is 4.00. The lowest BCUT2D eigenvalue weighted by Crippen LogP contribution is -2.57. The second kappa shape index (κ2) is 12.0. The Hall–Kier alpha value is -2.42. The number of carbonyl (C=O) groups is 3. The summed E-state index contributed by atoms with van der Waals surface area (Å²) in [5.41, 5.74) is -0.575. The summed E-state index contributed by atoms with van der Waals surface area (Å²) in [4.78, 5) is 45.7. The molecule has 4 aliphatic rings. The van der Waals surface area contributed by atoms with Crippen LogP contribution in [0.2, 0.25) is 5.02 Å². The molecule has 9 heteroatoms. The van der Waals surface area contributed by atoms with E-state index in [-0.39, 0.29) is 23.8 Å². The summed E-state index contributed by atoms with van der Waals surface area (Å²) in [6, 6.07) is 6.26. The Morgan fingerprint density at radius 1 is 1.10 bits per heavy atom. The fraction of sp³-hybridized carbons (Fsp3) is 0.633. The highest BCUT2D eigenvalue weighted by Gasteiger charge is 2.72. The zero-order valence-electron chi connectivity index (χ0n) is 23.0. The second-order valence-corrected chi connectivity index (χ2v) is 11.9. The SMILES string of the molecule is CCCN(CCC)CCN1C(=O)[C@@H]2C(C(=O)Nc3cccc(Cl)c3)[C@@H]3C=CC2(O3)C1C(=O)NC1CCCCC1. The molecule has 2 bridgehead atoms. The number of likely N-dealkylation sites (tertiary alicyclic amines) is 1. The summed E-state index contributed by atoms with van der Waals surface area (Å²) in [5, 5.41) is 6.70. The summed E-state index contributed by atoms with van der Waals surface area (Å²) in [7, 11) is 0. The van der Waals surface area contributed by atoms with Crippen LogP contribution in [-0.2, 0) is 19.1 Å². The number of hydrogen-bond donors (Lipinski definition) is 2. The van der Waals surface area contributed by atoms with E-state index in [9.17, 15) is 14.4 Å². The molecule has 1 spiro atoms. The molecule has 1 aromatic carbocycles. The van der Waals surface area contributed by atoms with Crippen LogP contribution in [-0.4, -0.2) is 77.5 Å². The molecule has 5 rings (SSSR count). The van der Waals surface area contributed by atoms with Crippen molar-refractivity contribution in [3.63, 3.8) is 0 Å². The van der Waals surface area contributed by atoms with Crippen molar-refractivity contribution in [2.75, 3.05) is 31.5 Å². The minimum Gasteiger partial charge on any atom is -0.359 e. The lowest BCUT2D eigenvalue weighted by Gasteiger charge is -2.35. The molecule has 1 aromatic rings. The van der Waals surface area contributed by atoms with E-state index in [4.69, 9.17) is 16.3 Å². The third-order valence-corrected chi connectivity index (χ3v) is 8.94. The molecule has 2 saturated heterocycles. The van der Waals surface area contributed by atoms with Crippen molar-refractivity contribution in [2.24, 2.45) is 11.8 Å². The number of nitrogens with zero attached hydrogens (tertiary/aromatic N) is 2. The van der Waals surface area contributed by atoms with E-state index in [0.29, 0.717) is 23.8 Å². The topological polar surface area (TPSA) is 91.0 Å². The number of anilines is 1. The smallest absolute Gasteiger partial charge is 0.246 e. The highest BCUT2D eigenvalue weighted by atomic mass is 35.5. The van der Waals surface area contributed by atoms with Gasteiger partial charge in [-0.15, -0.1) is 0 Å². The molecule has 1 aliphatic carbocycles. The van der Waals surface area contributed by atoms with Gasteiger partial charge in [-0.2, -0.15) is 0 Å². The van der Waals surface area contributed by atoms with E-state index >= 15 is 0 Å². The number of fused-ring (bicyclic) bond motifs is 1. The van der Waals surface area contributed by atoms with Gasteiger partial charge in [-0.3, -0.25) is 14.4 Å². The zero-order chi connectivity index (χ0) is 27.6. The lowest BCUT2D eigenvalue weighted by molar-refractivity contribution is -0.141. The molecule has 5 atom stereocenters. The first-order valence-corrected chi connectivity index (χ1v) is 15.0. The van der Waals surface area contributed by atoms with Gasteiger partial charge in [0.2, 0.25) is 17.7 Å². The first kappa shape index (κ1) is 28.1. The molecular weight excluding hydrogens is 516 g/mol. The first-order valence-electron chi connectivity index (χ1n) is 14.6. The van der Waals surface area contributed by atoms with E-state index in [0.717, 1.165) is 51.6 Å². The van der Waals surface area contributed by atoms with Gasteiger partial charge in [0, 0.05) is 29.8 Å². The number of benzene rings is 1. The van der Waals surface area contributed by atoms with Crippen molar-refractivity contribution < 1.29 is 19.1 Å². The number of ether oxygens (including phenoxy) is 1. The van der Waals surface area contributed by atoms with Gasteiger partial charge < -0.3 is 25.2 Å². The third-order valence-electron chi connectivity index (χ3n) is 8.71. The van der Waals surface area contributed by atoms with E-state index in [1.54, 1.807) is 29.2 Å². The maximum Gasteiger partial charge on any atom is 0.246 e. The van der Waals surface area contributed by atoms with Gasteiger partial charge in [0.1, 0.15) is 11.6 Å². The van der Waals surface area contributed by atoms with E-state index in [2.05, 4.69) is 29.4 Å². The molecular formula is C30H41ClN4O4. The molecule has 2 N–H and O–H groups in total. The van der Waals surface area contributed by atoms with Gasteiger partial charge >= 0.3 is 0 Å². The van der Waals surface area contributed by atoms with Gasteiger partial charge in [0.05, 0.1) is 17.9 Å². The monoisotopic (exact) mass is 556 g/mol. The maximum absolute atomic E-state index is 14.1. The van der Waals surface area contributed by atoms with E-state index < -0.39 is 29.6 Å². The second-order valence-electron chi connectivity index (χ2n) is 11.4. The summed E-state index contributed by atoms with van der Waals surface area (Å²) in [6.07, 6.45) is 10.5. The van der Waals surface area contributed by atoms with Gasteiger partial charge in [0.25, 0.3) is 0 Å². The Bertz CT molecular complexity index is 1100. The molecule has 0 radical (unpaired) electrons. The number of carbonyl (C=O) groups excluding carboxylic acids is 3. The summed E-state index contributed by atoms with van der Waals surface area (Å²) >= 11 is 6.12. The van der Waals surface area contributed by atoms with Crippen LogP contribution in [0.3, 0.4) is 0 Å². The Labute approximate surface area is 236 Å². The van der Waals surface area contributed by atoms with Crippen LogP contribution in [0.4, 0.5) is 5.69 Å². The minimum atomic E-state index is -1.14. The summed E-state index contributed by atoms with van der Waals surface area (Å²) in [5.74, 6) is -2.11. The van der Waals surface area contributed by atoms with Crippen LogP contribution in [0.25, 0.3) is 0 Å². The quantitative estimate of drug-likeness (QED) is 0.402. The standard InChI is InChI=1S/C30H41ClN4O4/c1-3-15-34(16-4-2)17-18-35-26(28(37)32-21-10-6-5-7-11-21)30-14-13-23(39-30)24(25(30)29(35)38)27(36)33-22-12-8-9-20(31)19-22/h8-9,12-14,19,21,23-26H,3-7,10-11,15-18H2,1-2H3,(H,32,37)(H,33,36)/t23-,24?,25-,26?,30?/m0/s1. The number of hydrogen-bond acceptors (Lipinski definition) is 5. The molecule has 8 nitrogen and oxygen atoms in total. The zero-order valence-corrected chi connectivity index (χ0v) is 23.8. The van der Waals surface area contributed by atoms with Crippen molar-refractivity contribution in [1.82, 2.24) is 15.1 Å². The first-order chi connectivity index (χ1) is 18.9. The lowest BCUT2D eigenvalue weighted by atomic mass is 9.74. The molecule has 3 heterocycles. The Balaban J connectivity index is 1.41. The van der Waals surface area contributed by atoms with Crippen LogP contribution in [0.1, 0.15) is 58.8 Å². The number of amides is 3. The highest BCUT2D eigenvalue weighted by Crippen LogP contribution is 2.55. The largest absolute Gasteiger partial charge is 0.359 e. The van der Waals surface area contributed by atoms with Gasteiger partial charge in [0.15, 0.2) is 0 Å². The van der Waals surface area contributed by atoms with Crippen molar-refractivity contribution in [3.8, 4) is 0 Å². The highest BCUT2D eigenvalue weighted by molar-refractivity contribution is 6.30. The number of halogens is 1. The summed E-state index contributed by atoms with van der Waals surface area (Å²) in [6.45, 7) is 7.26. The normalized spacial score (nSPS) is 29.7. The fourth-order valence-electron chi connectivity index (χ4n) is 7.04. The van der Waals surface area contributed by atoms with Crippen molar-refractivity contribution >= 4 is 35.0 Å². The molecule has 3 aliphatic heterocycles. The van der Waals surface area contributed by atoms with Crippen LogP contribution in [0.5, 0.6) is 0 Å². The predicted molar refractivity (Wildman–Crippen MR) is 151 cm³/mol. The van der Waals surface area contributed by atoms with Crippen LogP contribution in [0.15, 0.2) is 36.4 Å². The number of rotatable bonds is 11. The van der Waals surface area contributed by atoms with E-state index in [1.165, 1.54) is 6.42 Å². The Morgan fingerprint density at radius 2 is 1.85 bits per heavy atom. The third kappa shape index (κ3) is 5.48. The molecule has 3 amide bonds. The van der Waals surface area contributed by atoms with E-state index in [1.807, 2.05) is 12.2 Å². The maximum atomic E-state index is 14.1. The molecule has 3 unspecified atom stereocenters. The minimum absolute atomic E-state index is 0.111. The van der Waals surface area contributed by atoms with Crippen molar-refractivity contribution in [2.45, 2.75) is 82.6 Å². The average molecular weight is 557 g/mol. The van der Waals surface area contributed by atoms with Crippen LogP contribution >= 0.6 is 11.6 Å². The van der Waals surface area contributed by atoms with Crippen LogP contribution < -0.4 is 10.6 Å². The van der Waals surface area contributed by atoms with Gasteiger partial charge in [-0.05, 0) is 57.0 Å². The van der Waals surface area contributed by atoms with Gasteiger partial charge in [-0.25, -0.2) is 0 Å². The van der Waals surface area contributed by atoms with Crippen LogP contribution in [0, 0.1) is 11.8 Å². The van der Waals surface area contributed by atoms with Gasteiger partial charge in [-0.1, -0.05) is 62.9 Å². The molecule has 39 heavy (non-hydrogen) atoms. The number of nitrogens with one attached hydrogen (secondary N) is 2. The van der Waals surface area contributed by atoms with Crippen molar-refractivity contribution in [3.05, 3.63) is 41.4 Å². The van der Waals surface area contributed by atoms with Crippen molar-refractivity contribution in [1.29, 1.82) is 0 Å². The summed E-state index contributed by atoms with van der Waals surface area (Å²) < 4.78 is 6.47. The fourth-order valence-corrected chi connectivity index (χ4v) is 7.23. The molecule has 212 valence electrons. The molecule has 1 saturated carbocycles. The molecule has 3 fully saturated rings. The molecule has 0 aromatic heterocycles.